The van der Waals surface area contributed by atoms with Gasteiger partial charge < -0.3 is 15.6 Å². The van der Waals surface area contributed by atoms with Crippen LogP contribution < -0.4 is 10.5 Å². The first-order chi connectivity index (χ1) is 7.52. The normalized spacial score (nSPS) is 12.9. The van der Waals surface area contributed by atoms with Crippen LogP contribution in [0.15, 0.2) is 18.2 Å². The van der Waals surface area contributed by atoms with Crippen molar-refractivity contribution in [2.45, 2.75) is 19.1 Å². The number of rotatable bonds is 5. The molecule has 0 heterocycles. The molecule has 0 aromatic heterocycles. The molecule has 3 N–H and O–H groups in total. The summed E-state index contributed by atoms with van der Waals surface area (Å²) >= 11 is 5.73. The standard InChI is InChI=1S/C10H12ClF2NO2/c11-7-1-2-9(16-10(12)13)6(3-7)4-8(14)5-15/h1-3,8,10,15H,4-5,14H2. The van der Waals surface area contributed by atoms with Gasteiger partial charge in [0.2, 0.25) is 0 Å². The molecule has 1 aromatic carbocycles. The zero-order valence-electron chi connectivity index (χ0n) is 8.37. The summed E-state index contributed by atoms with van der Waals surface area (Å²) < 4.78 is 28.5. The van der Waals surface area contributed by atoms with Gasteiger partial charge in [0.1, 0.15) is 5.75 Å². The van der Waals surface area contributed by atoms with Gasteiger partial charge in [0.15, 0.2) is 0 Å². The molecule has 0 fully saturated rings. The molecule has 0 aliphatic heterocycles. The number of aliphatic hydroxyl groups excluding tert-OH is 1. The molecular weight excluding hydrogens is 240 g/mol. The fourth-order valence-corrected chi connectivity index (χ4v) is 1.46. The molecule has 0 spiro atoms. The van der Waals surface area contributed by atoms with Gasteiger partial charge in [0.25, 0.3) is 0 Å². The van der Waals surface area contributed by atoms with Crippen LogP contribution in [0.2, 0.25) is 5.02 Å². The van der Waals surface area contributed by atoms with Crippen LogP contribution in [0.3, 0.4) is 0 Å². The van der Waals surface area contributed by atoms with Crippen LogP contribution in [-0.4, -0.2) is 24.4 Å². The van der Waals surface area contributed by atoms with Gasteiger partial charge in [-0.15, -0.1) is 0 Å². The predicted octanol–water partition coefficient (Wildman–Crippen LogP) is 1.80. The molecule has 16 heavy (non-hydrogen) atoms. The van der Waals surface area contributed by atoms with Crippen molar-refractivity contribution in [1.29, 1.82) is 0 Å². The minimum Gasteiger partial charge on any atom is -0.435 e. The monoisotopic (exact) mass is 251 g/mol. The van der Waals surface area contributed by atoms with Crippen LogP contribution in [0, 0.1) is 0 Å². The lowest BCUT2D eigenvalue weighted by Gasteiger charge is -2.13. The molecule has 0 amide bonds. The Morgan fingerprint density at radius 2 is 2.12 bits per heavy atom. The van der Waals surface area contributed by atoms with E-state index in [9.17, 15) is 8.78 Å². The zero-order valence-corrected chi connectivity index (χ0v) is 9.12. The number of aliphatic hydroxyl groups is 1. The minimum atomic E-state index is -2.90. The minimum absolute atomic E-state index is 0.0308. The summed E-state index contributed by atoms with van der Waals surface area (Å²) in [4.78, 5) is 0. The smallest absolute Gasteiger partial charge is 0.387 e. The molecule has 0 aliphatic carbocycles. The Kier molecular flexibility index (Phi) is 4.92. The number of halogens is 3. The summed E-state index contributed by atoms with van der Waals surface area (Å²) in [6.45, 7) is -3.13. The number of alkyl halides is 2. The summed E-state index contributed by atoms with van der Waals surface area (Å²) in [6.07, 6.45) is 0.221. The largest absolute Gasteiger partial charge is 0.435 e. The first-order valence-corrected chi connectivity index (χ1v) is 5.00. The van der Waals surface area contributed by atoms with Crippen LogP contribution in [0.25, 0.3) is 0 Å². The van der Waals surface area contributed by atoms with E-state index in [0.29, 0.717) is 10.6 Å². The maximum Gasteiger partial charge on any atom is 0.387 e. The van der Waals surface area contributed by atoms with Crippen LogP contribution in [0.4, 0.5) is 8.78 Å². The second-order valence-corrected chi connectivity index (χ2v) is 3.71. The lowest BCUT2D eigenvalue weighted by molar-refractivity contribution is -0.0505. The Labute approximate surface area is 96.8 Å². The second-order valence-electron chi connectivity index (χ2n) is 3.28. The molecule has 1 rings (SSSR count). The van der Waals surface area contributed by atoms with E-state index in [2.05, 4.69) is 4.74 Å². The molecule has 0 saturated carbocycles. The lowest BCUT2D eigenvalue weighted by Crippen LogP contribution is -2.27. The molecule has 0 radical (unpaired) electrons. The van der Waals surface area contributed by atoms with Crippen molar-refractivity contribution >= 4 is 11.6 Å². The Bertz CT molecular complexity index is 350. The summed E-state index contributed by atoms with van der Waals surface area (Å²) in [7, 11) is 0. The Balaban J connectivity index is 2.89. The van der Waals surface area contributed by atoms with Crippen molar-refractivity contribution in [3.8, 4) is 5.75 Å². The first-order valence-electron chi connectivity index (χ1n) is 4.62. The van der Waals surface area contributed by atoms with E-state index in [1.54, 1.807) is 0 Å². The fraction of sp³-hybridized carbons (Fsp3) is 0.400. The van der Waals surface area contributed by atoms with Gasteiger partial charge in [-0.05, 0) is 30.2 Å². The Morgan fingerprint density at radius 1 is 1.44 bits per heavy atom. The molecular formula is C10H12ClF2NO2. The zero-order chi connectivity index (χ0) is 12.1. The molecule has 6 heteroatoms. The summed E-state index contributed by atoms with van der Waals surface area (Å²) in [5.41, 5.74) is 5.97. The fourth-order valence-electron chi connectivity index (χ4n) is 1.27. The molecule has 0 aliphatic rings. The van der Waals surface area contributed by atoms with E-state index in [1.165, 1.54) is 18.2 Å². The highest BCUT2D eigenvalue weighted by atomic mass is 35.5. The number of nitrogens with two attached hydrogens (primary N) is 1. The summed E-state index contributed by atoms with van der Waals surface area (Å²) in [6, 6.07) is 3.77. The van der Waals surface area contributed by atoms with Crippen molar-refractivity contribution < 1.29 is 18.6 Å². The van der Waals surface area contributed by atoms with E-state index in [-0.39, 0.29) is 18.8 Å². The highest BCUT2D eigenvalue weighted by Crippen LogP contribution is 2.25. The van der Waals surface area contributed by atoms with Crippen molar-refractivity contribution in [1.82, 2.24) is 0 Å². The first kappa shape index (κ1) is 13.2. The number of hydrogen-bond donors (Lipinski definition) is 2. The summed E-state index contributed by atoms with van der Waals surface area (Å²) in [5, 5.41) is 9.20. The SMILES string of the molecule is NC(CO)Cc1cc(Cl)ccc1OC(F)F. The van der Waals surface area contributed by atoms with E-state index >= 15 is 0 Å². The molecule has 3 nitrogen and oxygen atoms in total. The van der Waals surface area contributed by atoms with E-state index < -0.39 is 12.7 Å². The summed E-state index contributed by atoms with van der Waals surface area (Å²) in [5.74, 6) is 0.0308. The van der Waals surface area contributed by atoms with Crippen LogP contribution in [0.5, 0.6) is 5.75 Å². The Morgan fingerprint density at radius 3 is 2.69 bits per heavy atom. The predicted molar refractivity (Wildman–Crippen MR) is 56.8 cm³/mol. The second kappa shape index (κ2) is 5.98. The number of hydrogen-bond acceptors (Lipinski definition) is 3. The molecule has 0 saturated heterocycles. The molecule has 1 aromatic rings. The third-order valence-corrected chi connectivity index (χ3v) is 2.19. The Hall–Kier alpha value is -0.910. The van der Waals surface area contributed by atoms with Gasteiger partial charge in [-0.25, -0.2) is 0 Å². The quantitative estimate of drug-likeness (QED) is 0.839. The van der Waals surface area contributed by atoms with Crippen LogP contribution >= 0.6 is 11.6 Å². The van der Waals surface area contributed by atoms with Gasteiger partial charge >= 0.3 is 6.61 Å². The highest BCUT2D eigenvalue weighted by Gasteiger charge is 2.12. The maximum absolute atomic E-state index is 12.1. The van der Waals surface area contributed by atoms with Gasteiger partial charge in [-0.3, -0.25) is 0 Å². The van der Waals surface area contributed by atoms with E-state index in [4.69, 9.17) is 22.4 Å². The van der Waals surface area contributed by atoms with E-state index in [0.717, 1.165) is 0 Å². The topological polar surface area (TPSA) is 55.5 Å². The number of benzene rings is 1. The average Bonchev–Trinajstić information content (AvgIpc) is 2.21. The van der Waals surface area contributed by atoms with Gasteiger partial charge in [0.05, 0.1) is 6.61 Å². The molecule has 1 atom stereocenters. The van der Waals surface area contributed by atoms with Crippen molar-refractivity contribution in [3.63, 3.8) is 0 Å². The molecule has 0 bridgehead atoms. The maximum atomic E-state index is 12.1. The van der Waals surface area contributed by atoms with Gasteiger partial charge in [-0.1, -0.05) is 11.6 Å². The lowest BCUT2D eigenvalue weighted by atomic mass is 10.1. The van der Waals surface area contributed by atoms with E-state index in [1.807, 2.05) is 0 Å². The van der Waals surface area contributed by atoms with Gasteiger partial charge in [-0.2, -0.15) is 8.78 Å². The number of ether oxygens (including phenoxy) is 1. The van der Waals surface area contributed by atoms with Crippen LogP contribution in [0.1, 0.15) is 5.56 Å². The highest BCUT2D eigenvalue weighted by molar-refractivity contribution is 6.30. The van der Waals surface area contributed by atoms with Crippen molar-refractivity contribution in [3.05, 3.63) is 28.8 Å². The third kappa shape index (κ3) is 3.92. The average molecular weight is 252 g/mol. The third-order valence-electron chi connectivity index (χ3n) is 1.96. The van der Waals surface area contributed by atoms with Crippen molar-refractivity contribution in [2.24, 2.45) is 5.73 Å². The van der Waals surface area contributed by atoms with Crippen molar-refractivity contribution in [2.75, 3.05) is 6.61 Å². The van der Waals surface area contributed by atoms with Gasteiger partial charge in [0, 0.05) is 11.1 Å². The van der Waals surface area contributed by atoms with Crippen LogP contribution in [-0.2, 0) is 6.42 Å². The molecule has 90 valence electrons. The molecule has 1 unspecified atom stereocenters.